The van der Waals surface area contributed by atoms with Crippen LogP contribution in [0.2, 0.25) is 0 Å². The van der Waals surface area contributed by atoms with Gasteiger partial charge in [-0.25, -0.2) is 4.39 Å². The maximum atomic E-state index is 13.2. The Bertz CT molecular complexity index is 635. The van der Waals surface area contributed by atoms with E-state index in [0.29, 0.717) is 16.8 Å². The lowest BCUT2D eigenvalue weighted by atomic mass is 10.0. The zero-order valence-electron chi connectivity index (χ0n) is 12.5. The van der Waals surface area contributed by atoms with Crippen molar-refractivity contribution >= 4 is 5.91 Å². The second kappa shape index (κ2) is 6.04. The molecule has 21 heavy (non-hydrogen) atoms. The van der Waals surface area contributed by atoms with Crippen molar-refractivity contribution in [2.75, 3.05) is 0 Å². The molecule has 0 unspecified atom stereocenters. The van der Waals surface area contributed by atoms with Crippen LogP contribution in [0.4, 0.5) is 4.39 Å². The Balaban J connectivity index is 2.17. The highest BCUT2D eigenvalue weighted by Crippen LogP contribution is 2.18. The Hall–Kier alpha value is -2.23. The zero-order valence-corrected chi connectivity index (χ0v) is 12.5. The van der Waals surface area contributed by atoms with Gasteiger partial charge in [-0.05, 0) is 44.5 Å². The Morgan fingerprint density at radius 3 is 2.62 bits per heavy atom. The van der Waals surface area contributed by atoms with E-state index < -0.39 is 0 Å². The number of aromatic nitrogens is 1. The van der Waals surface area contributed by atoms with E-state index in [4.69, 9.17) is 0 Å². The van der Waals surface area contributed by atoms with Gasteiger partial charge in [-0.15, -0.1) is 0 Å². The van der Waals surface area contributed by atoms with Gasteiger partial charge >= 0.3 is 0 Å². The van der Waals surface area contributed by atoms with E-state index in [-0.39, 0.29) is 17.3 Å². The monoisotopic (exact) mass is 286 g/mol. The van der Waals surface area contributed by atoms with Gasteiger partial charge in [-0.1, -0.05) is 19.1 Å². The molecular weight excluding hydrogens is 267 g/mol. The molecule has 0 bridgehead atoms. The summed E-state index contributed by atoms with van der Waals surface area (Å²) in [5, 5.41) is 2.95. The number of pyridine rings is 1. The molecule has 110 valence electrons. The number of rotatable bonds is 4. The molecule has 1 aromatic heterocycles. The minimum Gasteiger partial charge on any atom is -0.347 e. The fourth-order valence-electron chi connectivity index (χ4n) is 1.81. The van der Waals surface area contributed by atoms with Crippen LogP contribution in [0, 0.1) is 5.82 Å². The van der Waals surface area contributed by atoms with Crippen molar-refractivity contribution in [2.24, 2.45) is 0 Å². The van der Waals surface area contributed by atoms with Crippen LogP contribution in [0.3, 0.4) is 0 Å². The summed E-state index contributed by atoms with van der Waals surface area (Å²) in [7, 11) is 0. The summed E-state index contributed by atoms with van der Waals surface area (Å²) in [6.45, 7) is 5.96. The molecule has 2 rings (SSSR count). The Labute approximate surface area is 124 Å². The molecule has 1 N–H and O–H groups in total. The highest BCUT2D eigenvalue weighted by Gasteiger charge is 2.18. The van der Waals surface area contributed by atoms with E-state index in [1.165, 1.54) is 18.3 Å². The van der Waals surface area contributed by atoms with E-state index in [9.17, 15) is 9.18 Å². The summed E-state index contributed by atoms with van der Waals surface area (Å²) in [6.07, 6.45) is 2.36. The standard InChI is InChI=1S/C17H19FN2O/c1-4-17(2,3)20-16(21)13-8-9-15(19-11-13)12-6-5-7-14(18)10-12/h5-11H,4H2,1-3H3,(H,20,21). The molecule has 0 fully saturated rings. The number of halogens is 1. The quantitative estimate of drug-likeness (QED) is 0.928. The van der Waals surface area contributed by atoms with Crippen molar-refractivity contribution in [2.45, 2.75) is 32.7 Å². The summed E-state index contributed by atoms with van der Waals surface area (Å²) in [4.78, 5) is 16.3. The van der Waals surface area contributed by atoms with E-state index in [1.54, 1.807) is 24.3 Å². The minimum absolute atomic E-state index is 0.153. The molecule has 1 heterocycles. The molecule has 0 atom stereocenters. The van der Waals surface area contributed by atoms with Gasteiger partial charge in [-0.3, -0.25) is 9.78 Å². The molecule has 4 heteroatoms. The lowest BCUT2D eigenvalue weighted by molar-refractivity contribution is 0.0911. The summed E-state index contributed by atoms with van der Waals surface area (Å²) in [6, 6.07) is 9.65. The van der Waals surface area contributed by atoms with Crippen molar-refractivity contribution < 1.29 is 9.18 Å². The van der Waals surface area contributed by atoms with Gasteiger partial charge in [0.1, 0.15) is 5.82 Å². The number of hydrogen-bond acceptors (Lipinski definition) is 2. The van der Waals surface area contributed by atoms with Crippen LogP contribution in [0.15, 0.2) is 42.6 Å². The van der Waals surface area contributed by atoms with Crippen molar-refractivity contribution in [3.63, 3.8) is 0 Å². The van der Waals surface area contributed by atoms with Crippen LogP contribution >= 0.6 is 0 Å². The van der Waals surface area contributed by atoms with E-state index in [2.05, 4.69) is 10.3 Å². The maximum absolute atomic E-state index is 13.2. The number of carbonyl (C=O) groups is 1. The van der Waals surface area contributed by atoms with Crippen LogP contribution in [0.25, 0.3) is 11.3 Å². The Kier molecular flexibility index (Phi) is 4.36. The van der Waals surface area contributed by atoms with Gasteiger partial charge in [-0.2, -0.15) is 0 Å². The molecule has 0 saturated heterocycles. The third kappa shape index (κ3) is 3.88. The number of nitrogens with one attached hydrogen (secondary N) is 1. The van der Waals surface area contributed by atoms with Gasteiger partial charge in [0.25, 0.3) is 5.91 Å². The van der Waals surface area contributed by atoms with Crippen molar-refractivity contribution in [3.8, 4) is 11.3 Å². The minimum atomic E-state index is -0.305. The number of benzene rings is 1. The average Bonchev–Trinajstić information content (AvgIpc) is 2.47. The summed E-state index contributed by atoms with van der Waals surface area (Å²) in [5.41, 5.74) is 1.58. The van der Waals surface area contributed by atoms with Crippen LogP contribution in [0.1, 0.15) is 37.6 Å². The maximum Gasteiger partial charge on any atom is 0.253 e. The summed E-state index contributed by atoms with van der Waals surface area (Å²) >= 11 is 0. The van der Waals surface area contributed by atoms with E-state index in [1.807, 2.05) is 20.8 Å². The molecule has 0 radical (unpaired) electrons. The lowest BCUT2D eigenvalue weighted by Gasteiger charge is -2.24. The second-order valence-electron chi connectivity index (χ2n) is 5.63. The first kappa shape index (κ1) is 15.2. The van der Waals surface area contributed by atoms with Crippen LogP contribution in [-0.4, -0.2) is 16.4 Å². The van der Waals surface area contributed by atoms with Crippen LogP contribution in [-0.2, 0) is 0 Å². The Morgan fingerprint density at radius 2 is 2.05 bits per heavy atom. The topological polar surface area (TPSA) is 42.0 Å². The largest absolute Gasteiger partial charge is 0.347 e. The molecular formula is C17H19FN2O. The van der Waals surface area contributed by atoms with Gasteiger partial charge in [0.05, 0.1) is 11.3 Å². The zero-order chi connectivity index (χ0) is 15.5. The fraction of sp³-hybridized carbons (Fsp3) is 0.294. The normalized spacial score (nSPS) is 11.2. The number of hydrogen-bond donors (Lipinski definition) is 1. The first-order valence-electron chi connectivity index (χ1n) is 6.96. The van der Waals surface area contributed by atoms with Gasteiger partial charge in [0.2, 0.25) is 0 Å². The smallest absolute Gasteiger partial charge is 0.253 e. The van der Waals surface area contributed by atoms with Crippen molar-refractivity contribution in [3.05, 3.63) is 54.0 Å². The summed E-state index contributed by atoms with van der Waals surface area (Å²) < 4.78 is 13.2. The SMILES string of the molecule is CCC(C)(C)NC(=O)c1ccc(-c2cccc(F)c2)nc1. The molecule has 0 saturated carbocycles. The molecule has 2 aromatic rings. The lowest BCUT2D eigenvalue weighted by Crippen LogP contribution is -2.42. The van der Waals surface area contributed by atoms with Gasteiger partial charge in [0, 0.05) is 17.3 Å². The van der Waals surface area contributed by atoms with Crippen molar-refractivity contribution in [1.82, 2.24) is 10.3 Å². The molecule has 0 aliphatic rings. The van der Waals surface area contributed by atoms with Gasteiger partial charge < -0.3 is 5.32 Å². The molecule has 3 nitrogen and oxygen atoms in total. The van der Waals surface area contributed by atoms with E-state index in [0.717, 1.165) is 6.42 Å². The Morgan fingerprint density at radius 1 is 1.29 bits per heavy atom. The molecule has 1 aromatic carbocycles. The number of carbonyl (C=O) groups excluding carboxylic acids is 1. The number of amides is 1. The predicted molar refractivity (Wildman–Crippen MR) is 81.5 cm³/mol. The third-order valence-electron chi connectivity index (χ3n) is 3.48. The molecule has 0 aliphatic heterocycles. The molecule has 1 amide bonds. The average molecular weight is 286 g/mol. The van der Waals surface area contributed by atoms with E-state index >= 15 is 0 Å². The highest BCUT2D eigenvalue weighted by molar-refractivity contribution is 5.94. The van der Waals surface area contributed by atoms with Crippen molar-refractivity contribution in [1.29, 1.82) is 0 Å². The predicted octanol–water partition coefficient (Wildman–Crippen LogP) is 3.81. The van der Waals surface area contributed by atoms with Gasteiger partial charge in [0.15, 0.2) is 0 Å². The highest BCUT2D eigenvalue weighted by atomic mass is 19.1. The second-order valence-corrected chi connectivity index (χ2v) is 5.63. The number of nitrogens with zero attached hydrogens (tertiary/aromatic N) is 1. The first-order valence-corrected chi connectivity index (χ1v) is 6.96. The van der Waals surface area contributed by atoms with Crippen LogP contribution in [0.5, 0.6) is 0 Å². The van der Waals surface area contributed by atoms with Crippen LogP contribution < -0.4 is 5.32 Å². The third-order valence-corrected chi connectivity index (χ3v) is 3.48. The summed E-state index contributed by atoms with van der Waals surface area (Å²) in [5.74, 6) is -0.457. The molecule has 0 aliphatic carbocycles. The fourth-order valence-corrected chi connectivity index (χ4v) is 1.81. The first-order chi connectivity index (χ1) is 9.91. The molecule has 0 spiro atoms.